The number of carboxylic acid groups (broad SMARTS) is 1. The molecule has 0 aliphatic rings. The lowest BCUT2D eigenvalue weighted by molar-refractivity contribution is 0.0703. The van der Waals surface area contributed by atoms with Crippen LogP contribution < -0.4 is 5.32 Å². The number of halogens is 2. The largest absolute Gasteiger partial charge is 0.477 e. The molecule has 0 atom stereocenters. The lowest BCUT2D eigenvalue weighted by atomic mass is 10.2. The Morgan fingerprint density at radius 3 is 2.65 bits per heavy atom. The summed E-state index contributed by atoms with van der Waals surface area (Å²) >= 11 is 12.8. The number of carboxylic acids is 1. The van der Waals surface area contributed by atoms with E-state index in [4.69, 9.17) is 28.3 Å². The van der Waals surface area contributed by atoms with Gasteiger partial charge in [-0.2, -0.15) is 0 Å². The monoisotopic (exact) mass is 329 g/mol. The number of aromatic carboxylic acids is 1. The maximum atomic E-state index is 12.2. The molecule has 0 radical (unpaired) electrons. The van der Waals surface area contributed by atoms with Gasteiger partial charge in [0.05, 0.1) is 16.3 Å². The average molecular weight is 330 g/mol. The molecule has 0 aliphatic carbocycles. The van der Waals surface area contributed by atoms with E-state index in [0.717, 1.165) is 11.3 Å². The summed E-state index contributed by atoms with van der Waals surface area (Å²) < 4.78 is 0. The molecule has 1 amide bonds. The van der Waals surface area contributed by atoms with Crippen LogP contribution in [0.15, 0.2) is 23.6 Å². The van der Waals surface area contributed by atoms with Gasteiger partial charge in [0, 0.05) is 5.02 Å². The van der Waals surface area contributed by atoms with E-state index >= 15 is 0 Å². The van der Waals surface area contributed by atoms with Crippen LogP contribution in [0.25, 0.3) is 0 Å². The maximum absolute atomic E-state index is 12.2. The summed E-state index contributed by atoms with van der Waals surface area (Å²) in [5.41, 5.74) is 1.16. The Labute approximate surface area is 128 Å². The maximum Gasteiger partial charge on any atom is 0.348 e. The van der Waals surface area contributed by atoms with Crippen molar-refractivity contribution in [1.29, 1.82) is 0 Å². The summed E-state index contributed by atoms with van der Waals surface area (Å²) in [6.07, 6.45) is 0. The molecule has 4 nitrogen and oxygen atoms in total. The van der Waals surface area contributed by atoms with E-state index in [1.54, 1.807) is 18.4 Å². The lowest BCUT2D eigenvalue weighted by Gasteiger charge is -2.08. The molecular weight excluding hydrogens is 321 g/mol. The van der Waals surface area contributed by atoms with Crippen LogP contribution in [0.3, 0.4) is 0 Å². The topological polar surface area (TPSA) is 66.4 Å². The molecule has 1 aromatic heterocycles. The number of aryl methyl sites for hydroxylation is 1. The van der Waals surface area contributed by atoms with Crippen molar-refractivity contribution in [2.45, 2.75) is 6.92 Å². The lowest BCUT2D eigenvalue weighted by Crippen LogP contribution is -2.14. The van der Waals surface area contributed by atoms with Crippen molar-refractivity contribution >= 4 is 52.1 Å². The van der Waals surface area contributed by atoms with E-state index < -0.39 is 11.9 Å². The van der Waals surface area contributed by atoms with Crippen molar-refractivity contribution in [3.63, 3.8) is 0 Å². The third-order valence-electron chi connectivity index (χ3n) is 2.58. The Balaban J connectivity index is 2.35. The second kappa shape index (κ2) is 5.83. The van der Waals surface area contributed by atoms with Crippen LogP contribution in [-0.4, -0.2) is 17.0 Å². The highest BCUT2D eigenvalue weighted by Gasteiger charge is 2.19. The van der Waals surface area contributed by atoms with Crippen molar-refractivity contribution in [3.8, 4) is 0 Å². The van der Waals surface area contributed by atoms with Crippen molar-refractivity contribution in [2.75, 3.05) is 5.32 Å². The number of benzene rings is 1. The zero-order valence-corrected chi connectivity index (χ0v) is 12.6. The van der Waals surface area contributed by atoms with Crippen LogP contribution in [0.2, 0.25) is 10.0 Å². The molecular formula is C13H9Cl2NO3S. The molecule has 104 valence electrons. The van der Waals surface area contributed by atoms with Crippen molar-refractivity contribution in [1.82, 2.24) is 0 Å². The number of hydrogen-bond acceptors (Lipinski definition) is 3. The van der Waals surface area contributed by atoms with Gasteiger partial charge >= 0.3 is 5.97 Å². The van der Waals surface area contributed by atoms with Gasteiger partial charge in [-0.25, -0.2) is 4.79 Å². The average Bonchev–Trinajstić information content (AvgIpc) is 2.74. The molecule has 7 heteroatoms. The second-order valence-electron chi connectivity index (χ2n) is 4.01. The molecule has 0 saturated carbocycles. The fourth-order valence-electron chi connectivity index (χ4n) is 1.61. The minimum atomic E-state index is -1.09. The molecule has 0 bridgehead atoms. The highest BCUT2D eigenvalue weighted by Crippen LogP contribution is 2.29. The van der Waals surface area contributed by atoms with Crippen molar-refractivity contribution in [3.05, 3.63) is 49.6 Å². The first-order valence-electron chi connectivity index (χ1n) is 5.48. The van der Waals surface area contributed by atoms with E-state index in [-0.39, 0.29) is 21.2 Å². The smallest absolute Gasteiger partial charge is 0.348 e. The van der Waals surface area contributed by atoms with Gasteiger partial charge in [0.2, 0.25) is 0 Å². The summed E-state index contributed by atoms with van der Waals surface area (Å²) in [7, 11) is 0. The van der Waals surface area contributed by atoms with Gasteiger partial charge in [0.15, 0.2) is 0 Å². The van der Waals surface area contributed by atoms with E-state index in [0.29, 0.717) is 10.6 Å². The molecule has 0 aliphatic heterocycles. The summed E-state index contributed by atoms with van der Waals surface area (Å²) in [4.78, 5) is 23.3. The molecule has 1 heterocycles. The van der Waals surface area contributed by atoms with Crippen LogP contribution >= 0.6 is 34.5 Å². The third kappa shape index (κ3) is 2.95. The first-order valence-corrected chi connectivity index (χ1v) is 7.11. The number of carbonyl (C=O) groups excluding carboxylic acids is 1. The van der Waals surface area contributed by atoms with Crippen LogP contribution in [0.4, 0.5) is 5.69 Å². The minimum absolute atomic E-state index is 0.0778. The van der Waals surface area contributed by atoms with Gasteiger partial charge in [0.1, 0.15) is 4.88 Å². The Hall–Kier alpha value is -1.56. The Morgan fingerprint density at radius 2 is 2.00 bits per heavy atom. The summed E-state index contributed by atoms with van der Waals surface area (Å²) in [6.45, 7) is 1.72. The van der Waals surface area contributed by atoms with Crippen molar-refractivity contribution in [2.24, 2.45) is 0 Å². The van der Waals surface area contributed by atoms with Gasteiger partial charge in [-0.15, -0.1) is 11.3 Å². The Morgan fingerprint density at radius 1 is 1.30 bits per heavy atom. The van der Waals surface area contributed by atoms with Crippen molar-refractivity contribution < 1.29 is 14.7 Å². The van der Waals surface area contributed by atoms with Gasteiger partial charge < -0.3 is 10.4 Å². The van der Waals surface area contributed by atoms with Crippen LogP contribution in [0.5, 0.6) is 0 Å². The van der Waals surface area contributed by atoms with E-state index in [2.05, 4.69) is 5.32 Å². The molecule has 0 spiro atoms. The predicted molar refractivity (Wildman–Crippen MR) is 80.4 cm³/mol. The first-order chi connectivity index (χ1) is 9.40. The van der Waals surface area contributed by atoms with E-state index in [1.165, 1.54) is 12.1 Å². The number of nitrogens with one attached hydrogen (secondary N) is 1. The standard InChI is InChI=1S/C13H9Cl2NO3S/c1-6-5-20-11(13(18)19)10(6)16-12(17)8-4-7(14)2-3-9(8)15/h2-5H,1H3,(H,16,17)(H,18,19). The van der Waals surface area contributed by atoms with E-state index in [9.17, 15) is 9.59 Å². The molecule has 2 rings (SSSR count). The Bertz CT molecular complexity index is 697. The zero-order chi connectivity index (χ0) is 14.9. The molecule has 1 aromatic carbocycles. The fourth-order valence-corrected chi connectivity index (χ4v) is 2.83. The normalized spacial score (nSPS) is 10.3. The summed E-state index contributed by atoms with van der Waals surface area (Å²) in [5, 5.41) is 13.9. The van der Waals surface area contributed by atoms with Crippen LogP contribution in [-0.2, 0) is 0 Å². The Kier molecular flexibility index (Phi) is 4.32. The molecule has 0 fully saturated rings. The predicted octanol–water partition coefficient (Wildman–Crippen LogP) is 4.31. The molecule has 0 saturated heterocycles. The highest BCUT2D eigenvalue weighted by atomic mass is 35.5. The van der Waals surface area contributed by atoms with Gasteiger partial charge in [-0.3, -0.25) is 4.79 Å². The van der Waals surface area contributed by atoms with Gasteiger partial charge in [-0.1, -0.05) is 23.2 Å². The quantitative estimate of drug-likeness (QED) is 0.881. The van der Waals surface area contributed by atoms with Gasteiger partial charge in [0.25, 0.3) is 5.91 Å². The number of anilines is 1. The fraction of sp³-hybridized carbons (Fsp3) is 0.0769. The molecule has 0 unspecified atom stereocenters. The van der Waals surface area contributed by atoms with Gasteiger partial charge in [-0.05, 0) is 36.1 Å². The van der Waals surface area contributed by atoms with Crippen LogP contribution in [0, 0.1) is 6.92 Å². The number of hydrogen-bond donors (Lipinski definition) is 2. The summed E-state index contributed by atoms with van der Waals surface area (Å²) in [6, 6.07) is 4.51. The number of thiophene rings is 1. The first kappa shape index (κ1) is 14.8. The molecule has 2 N–H and O–H groups in total. The second-order valence-corrected chi connectivity index (χ2v) is 5.73. The SMILES string of the molecule is Cc1csc(C(=O)O)c1NC(=O)c1cc(Cl)ccc1Cl. The number of amides is 1. The zero-order valence-electron chi connectivity index (χ0n) is 10.2. The molecule has 20 heavy (non-hydrogen) atoms. The number of rotatable bonds is 3. The molecule has 2 aromatic rings. The minimum Gasteiger partial charge on any atom is -0.477 e. The third-order valence-corrected chi connectivity index (χ3v) is 4.23. The highest BCUT2D eigenvalue weighted by molar-refractivity contribution is 7.12. The summed E-state index contributed by atoms with van der Waals surface area (Å²) in [5.74, 6) is -1.59. The number of carbonyl (C=O) groups is 2. The van der Waals surface area contributed by atoms with Crippen LogP contribution in [0.1, 0.15) is 25.6 Å². The van der Waals surface area contributed by atoms with E-state index in [1.807, 2.05) is 0 Å².